The lowest BCUT2D eigenvalue weighted by molar-refractivity contribution is -0.221. The normalized spacial score (nSPS) is 38.5. The predicted octanol–water partition coefficient (Wildman–Crippen LogP) is -1.01. The van der Waals surface area contributed by atoms with Gasteiger partial charge in [0.05, 0.1) is 6.85 Å². The molecule has 1 aromatic carbocycles. The highest BCUT2D eigenvalue weighted by molar-refractivity contribution is 5.73. The Morgan fingerprint density at radius 1 is 1.16 bits per heavy atom. The first-order valence-electron chi connectivity index (χ1n) is 7.83. The Hall–Kier alpha value is -1.67. The number of benzene rings is 1. The number of hydrogen-bond acceptors (Lipinski definition) is 6. The van der Waals surface area contributed by atoms with Crippen LogP contribution in [0.15, 0.2) is 30.2 Å². The van der Waals surface area contributed by atoms with Gasteiger partial charge in [-0.05, 0) is 12.1 Å². The quantitative estimate of drug-likeness (QED) is 0.479. The summed E-state index contributed by atoms with van der Waals surface area (Å²) in [6.45, 7) is 0. The van der Waals surface area contributed by atoms with Crippen molar-refractivity contribution in [3.63, 3.8) is 0 Å². The molecule has 0 spiro atoms. The van der Waals surface area contributed by atoms with Crippen molar-refractivity contribution in [3.8, 4) is 0 Å². The van der Waals surface area contributed by atoms with Crippen LogP contribution >= 0.6 is 0 Å². The molecule has 0 aliphatic carbocycles. The van der Waals surface area contributed by atoms with E-state index in [-0.39, 0.29) is 0 Å². The monoisotopic (exact) mass is 274 g/mol. The number of carboxylic acid groups (broad SMARTS) is 1. The Kier molecular flexibility index (Phi) is 2.47. The molecule has 7 nitrogen and oxygen atoms in total. The molecule has 0 aromatic heterocycles. The summed E-state index contributed by atoms with van der Waals surface area (Å²) in [7, 11) is 0. The maximum Gasteiger partial charge on any atom is 0.335 e. The number of ether oxygens (including phenoxy) is 1. The summed E-state index contributed by atoms with van der Waals surface area (Å²) in [5.41, 5.74) is -0.433. The van der Waals surface area contributed by atoms with Gasteiger partial charge in [-0.25, -0.2) is 4.79 Å². The van der Waals surface area contributed by atoms with Gasteiger partial charge in [0.25, 0.3) is 0 Å². The van der Waals surface area contributed by atoms with Gasteiger partial charge >= 0.3 is 5.97 Å². The summed E-state index contributed by atoms with van der Waals surface area (Å²) in [6.07, 6.45) is -9.05. The van der Waals surface area contributed by atoms with Crippen molar-refractivity contribution >= 4 is 11.7 Å². The molecular formula is C12H15NO6. The van der Waals surface area contributed by atoms with E-state index in [1.54, 1.807) is 0 Å². The average molecular weight is 274 g/mol. The largest absolute Gasteiger partial charge is 0.479 e. The Bertz CT molecular complexity index is 645. The lowest BCUT2D eigenvalue weighted by atomic mass is 9.98. The van der Waals surface area contributed by atoms with Gasteiger partial charge in [0.15, 0.2) is 12.3 Å². The number of aliphatic hydroxyl groups excluding tert-OH is 3. The van der Waals surface area contributed by atoms with Crippen molar-refractivity contribution in [3.05, 3.63) is 30.2 Å². The summed E-state index contributed by atoms with van der Waals surface area (Å²) >= 11 is 0. The van der Waals surface area contributed by atoms with Crippen LogP contribution in [-0.4, -0.2) is 57.0 Å². The van der Waals surface area contributed by atoms with Crippen LogP contribution in [0.5, 0.6) is 0 Å². The van der Waals surface area contributed by atoms with Crippen LogP contribution < -0.4 is 5.32 Å². The van der Waals surface area contributed by atoms with Gasteiger partial charge in [0.1, 0.15) is 18.3 Å². The molecule has 2 rings (SSSR count). The molecule has 1 aliphatic heterocycles. The highest BCUT2D eigenvalue weighted by atomic mass is 16.6. The molecule has 0 radical (unpaired) electrons. The van der Waals surface area contributed by atoms with Crippen molar-refractivity contribution < 1.29 is 36.8 Å². The minimum Gasteiger partial charge on any atom is -0.479 e. The minimum absolute atomic E-state index is 0.433. The Balaban J connectivity index is 2.39. The molecule has 5 N–H and O–H groups in total. The fourth-order valence-corrected chi connectivity index (χ4v) is 1.67. The molecule has 19 heavy (non-hydrogen) atoms. The first-order valence-corrected chi connectivity index (χ1v) is 5.33. The van der Waals surface area contributed by atoms with E-state index in [4.69, 9.17) is 16.7 Å². The average Bonchev–Trinajstić information content (AvgIpc) is 2.54. The third-order valence-corrected chi connectivity index (χ3v) is 2.64. The maximum atomic E-state index is 11.0. The van der Waals surface area contributed by atoms with Crippen LogP contribution in [-0.2, 0) is 9.53 Å². The van der Waals surface area contributed by atoms with Gasteiger partial charge in [-0.2, -0.15) is 0 Å². The van der Waals surface area contributed by atoms with E-state index >= 15 is 0 Å². The molecule has 0 bridgehead atoms. The number of carboxylic acids is 1. The van der Waals surface area contributed by atoms with E-state index in [9.17, 15) is 20.1 Å². The van der Waals surface area contributed by atoms with Crippen molar-refractivity contribution in [2.45, 2.75) is 30.6 Å². The van der Waals surface area contributed by atoms with Gasteiger partial charge in [-0.3, -0.25) is 0 Å². The SMILES string of the molecule is [2H]c1c([2H])c([2H])c(N[C@@H]2O[C@H](C(=O)O)[C@@H](O)[C@H](O)[C@H]2O)c([2H])c1[2H]. The van der Waals surface area contributed by atoms with Crippen LogP contribution in [0.1, 0.15) is 6.85 Å². The smallest absolute Gasteiger partial charge is 0.335 e. The highest BCUT2D eigenvalue weighted by Crippen LogP contribution is 2.23. The second-order valence-electron chi connectivity index (χ2n) is 3.93. The van der Waals surface area contributed by atoms with E-state index in [1.165, 1.54) is 0 Å². The van der Waals surface area contributed by atoms with E-state index in [0.717, 1.165) is 0 Å². The van der Waals surface area contributed by atoms with Crippen LogP contribution in [0.25, 0.3) is 0 Å². The zero-order chi connectivity index (χ0) is 18.3. The standard InChI is InChI=1S/C12H15NO6/c14-7-8(15)10(12(17)18)19-11(9(7)16)13-6-4-2-1-3-5-6/h1-5,7-11,13-16H,(H,17,18)/t7-,8-,9+,10-,11+/m0/s1/i1D,2D,3D,4D,5D. The van der Waals surface area contributed by atoms with E-state index in [1.807, 2.05) is 0 Å². The van der Waals surface area contributed by atoms with E-state index in [2.05, 4.69) is 5.32 Å². The van der Waals surface area contributed by atoms with E-state index < -0.39 is 72.5 Å². The summed E-state index contributed by atoms with van der Waals surface area (Å²) < 4.78 is 43.0. The van der Waals surface area contributed by atoms with Crippen LogP contribution in [0.2, 0.25) is 0 Å². The molecule has 1 saturated heterocycles. The Morgan fingerprint density at radius 3 is 2.37 bits per heavy atom. The zero-order valence-corrected chi connectivity index (χ0v) is 9.49. The van der Waals surface area contributed by atoms with Gasteiger partial charge in [-0.1, -0.05) is 18.1 Å². The molecule has 1 heterocycles. The third kappa shape index (κ3) is 2.85. The van der Waals surface area contributed by atoms with E-state index in [0.29, 0.717) is 0 Å². The molecule has 5 atom stereocenters. The molecule has 1 aliphatic rings. The van der Waals surface area contributed by atoms with Crippen molar-refractivity contribution in [1.82, 2.24) is 0 Å². The first kappa shape index (κ1) is 8.49. The summed E-state index contributed by atoms with van der Waals surface area (Å²) in [5, 5.41) is 40.5. The van der Waals surface area contributed by atoms with Gasteiger partial charge in [-0.15, -0.1) is 0 Å². The number of anilines is 1. The van der Waals surface area contributed by atoms with Crippen LogP contribution in [0, 0.1) is 0 Å². The van der Waals surface area contributed by atoms with Crippen molar-refractivity contribution in [2.24, 2.45) is 0 Å². The minimum atomic E-state index is -1.89. The van der Waals surface area contributed by atoms with Gasteiger partial charge in [0.2, 0.25) is 0 Å². The molecule has 7 heteroatoms. The van der Waals surface area contributed by atoms with Crippen molar-refractivity contribution in [2.75, 3.05) is 5.32 Å². The summed E-state index contributed by atoms with van der Waals surface area (Å²) in [6, 6.07) is -3.15. The molecule has 0 saturated carbocycles. The second kappa shape index (κ2) is 5.54. The van der Waals surface area contributed by atoms with Gasteiger partial charge < -0.3 is 30.5 Å². The maximum absolute atomic E-state index is 11.0. The number of carbonyl (C=O) groups is 1. The number of hydrogen-bond donors (Lipinski definition) is 5. The summed E-state index contributed by atoms with van der Waals surface area (Å²) in [5.74, 6) is -1.60. The zero-order valence-electron chi connectivity index (χ0n) is 14.5. The fourth-order valence-electron chi connectivity index (χ4n) is 1.67. The van der Waals surface area contributed by atoms with Crippen molar-refractivity contribution in [1.29, 1.82) is 0 Å². The fraction of sp³-hybridized carbons (Fsp3) is 0.417. The molecule has 1 aromatic rings. The summed E-state index contributed by atoms with van der Waals surface area (Å²) in [4.78, 5) is 11.0. The number of nitrogens with one attached hydrogen (secondary N) is 1. The lowest BCUT2D eigenvalue weighted by Gasteiger charge is -2.39. The Labute approximate surface area is 116 Å². The number of aliphatic hydroxyl groups is 3. The molecule has 0 unspecified atom stereocenters. The lowest BCUT2D eigenvalue weighted by Crippen LogP contribution is -2.61. The Morgan fingerprint density at radius 2 is 1.79 bits per heavy atom. The number of para-hydroxylation sites is 1. The second-order valence-corrected chi connectivity index (χ2v) is 3.93. The molecule has 1 fully saturated rings. The molecule has 0 amide bonds. The third-order valence-electron chi connectivity index (χ3n) is 2.64. The predicted molar refractivity (Wildman–Crippen MR) is 64.4 cm³/mol. The topological polar surface area (TPSA) is 119 Å². The highest BCUT2D eigenvalue weighted by Gasteiger charge is 2.46. The number of aliphatic carboxylic acids is 1. The molecule has 104 valence electrons. The number of rotatable bonds is 3. The van der Waals surface area contributed by atoms with Gasteiger partial charge in [0, 0.05) is 5.69 Å². The first-order chi connectivity index (χ1) is 11.1. The molecular weight excluding hydrogens is 254 g/mol. The van der Waals surface area contributed by atoms with Crippen LogP contribution in [0.3, 0.4) is 0 Å². The van der Waals surface area contributed by atoms with Crippen LogP contribution in [0.4, 0.5) is 5.69 Å².